The minimum atomic E-state index is 0.0391. The molecule has 0 saturated heterocycles. The van der Waals surface area contributed by atoms with Gasteiger partial charge in [-0.2, -0.15) is 0 Å². The maximum atomic E-state index is 12.2. The Morgan fingerprint density at radius 2 is 2.08 bits per heavy atom. The fraction of sp³-hybridized carbons (Fsp3) is 0.286. The number of hydrogen-bond donors (Lipinski definition) is 2. The summed E-state index contributed by atoms with van der Waals surface area (Å²) in [6.45, 7) is 0.388. The summed E-state index contributed by atoms with van der Waals surface area (Å²) in [4.78, 5) is 15.7. The summed E-state index contributed by atoms with van der Waals surface area (Å²) >= 11 is 6.08. The third-order valence-electron chi connectivity index (χ3n) is 4.86. The summed E-state index contributed by atoms with van der Waals surface area (Å²) in [7, 11) is 0. The van der Waals surface area contributed by atoms with Gasteiger partial charge in [0.15, 0.2) is 0 Å². The van der Waals surface area contributed by atoms with Crippen LogP contribution in [0.25, 0.3) is 10.9 Å². The quantitative estimate of drug-likeness (QED) is 0.706. The number of aryl methyl sites for hydroxylation is 1. The first kappa shape index (κ1) is 17.0. The monoisotopic (exact) mass is 368 g/mol. The topological polar surface area (TPSA) is 54.1 Å². The number of ether oxygens (including phenoxy) is 1. The Morgan fingerprint density at radius 3 is 2.92 bits per heavy atom. The molecule has 0 spiro atoms. The van der Waals surface area contributed by atoms with Crippen molar-refractivity contribution in [3.63, 3.8) is 0 Å². The molecule has 0 aliphatic heterocycles. The number of hydrogen-bond acceptors (Lipinski definition) is 2. The van der Waals surface area contributed by atoms with Gasteiger partial charge in [0.2, 0.25) is 5.91 Å². The van der Waals surface area contributed by atoms with Crippen LogP contribution in [-0.2, 0) is 17.6 Å². The molecule has 1 atom stereocenters. The zero-order valence-corrected chi connectivity index (χ0v) is 15.2. The van der Waals surface area contributed by atoms with E-state index in [9.17, 15) is 4.79 Å². The lowest BCUT2D eigenvalue weighted by Gasteiger charge is -2.23. The molecule has 1 aliphatic rings. The summed E-state index contributed by atoms with van der Waals surface area (Å²) in [5, 5.41) is 5.09. The molecule has 2 N–H and O–H groups in total. The maximum absolute atomic E-state index is 12.2. The van der Waals surface area contributed by atoms with Crippen molar-refractivity contribution in [2.75, 3.05) is 6.61 Å². The Hall–Kier alpha value is -2.46. The average Bonchev–Trinajstić information content (AvgIpc) is 2.99. The highest BCUT2D eigenvalue weighted by molar-refractivity contribution is 6.31. The summed E-state index contributed by atoms with van der Waals surface area (Å²) in [5.74, 6) is 0.831. The van der Waals surface area contributed by atoms with Crippen LogP contribution < -0.4 is 10.1 Å². The zero-order valence-electron chi connectivity index (χ0n) is 14.4. The molecule has 1 heterocycles. The Balaban J connectivity index is 1.34. The van der Waals surface area contributed by atoms with E-state index in [-0.39, 0.29) is 11.9 Å². The average molecular weight is 369 g/mol. The number of para-hydroxylation sites is 1. The van der Waals surface area contributed by atoms with Gasteiger partial charge >= 0.3 is 0 Å². The molecule has 3 aromatic rings. The largest absolute Gasteiger partial charge is 0.493 e. The van der Waals surface area contributed by atoms with E-state index in [1.807, 2.05) is 42.5 Å². The molecule has 0 fully saturated rings. The summed E-state index contributed by atoms with van der Waals surface area (Å²) in [5.41, 5.74) is 3.64. The Morgan fingerprint density at radius 1 is 1.23 bits per heavy atom. The predicted molar refractivity (Wildman–Crippen MR) is 104 cm³/mol. The van der Waals surface area contributed by atoms with E-state index in [4.69, 9.17) is 16.3 Å². The molecular formula is C21H21ClN2O2. The van der Waals surface area contributed by atoms with Crippen molar-refractivity contribution in [1.29, 1.82) is 0 Å². The van der Waals surface area contributed by atoms with Crippen molar-refractivity contribution >= 4 is 28.4 Å². The third kappa shape index (κ3) is 3.70. The molecule has 1 aromatic heterocycles. The van der Waals surface area contributed by atoms with E-state index in [1.165, 1.54) is 16.6 Å². The minimum absolute atomic E-state index is 0.0391. The number of carbonyl (C=O) groups is 1. The Bertz CT molecular complexity index is 920. The molecule has 4 rings (SSSR count). The van der Waals surface area contributed by atoms with Crippen LogP contribution in [0.15, 0.2) is 48.5 Å². The van der Waals surface area contributed by atoms with Crippen molar-refractivity contribution in [2.45, 2.75) is 31.7 Å². The SMILES string of the molecule is O=C(CCOc1ccccc1)NC1CCc2[nH]c3cc(Cl)ccc3c2C1. The Kier molecular flexibility index (Phi) is 4.85. The molecule has 2 aromatic carbocycles. The van der Waals surface area contributed by atoms with Crippen LogP contribution in [0.2, 0.25) is 5.02 Å². The number of nitrogens with one attached hydrogen (secondary N) is 2. The zero-order chi connectivity index (χ0) is 17.9. The summed E-state index contributed by atoms with van der Waals surface area (Å²) in [6.07, 6.45) is 3.09. The number of amides is 1. The highest BCUT2D eigenvalue weighted by Crippen LogP contribution is 2.30. The predicted octanol–water partition coefficient (Wildman–Crippen LogP) is 4.26. The van der Waals surface area contributed by atoms with Gasteiger partial charge in [-0.15, -0.1) is 0 Å². The third-order valence-corrected chi connectivity index (χ3v) is 5.09. The first-order valence-electron chi connectivity index (χ1n) is 8.95. The number of aromatic nitrogens is 1. The van der Waals surface area contributed by atoms with Crippen molar-refractivity contribution in [3.8, 4) is 5.75 Å². The van der Waals surface area contributed by atoms with Gasteiger partial charge in [0, 0.05) is 27.7 Å². The van der Waals surface area contributed by atoms with Gasteiger partial charge in [-0.1, -0.05) is 35.9 Å². The first-order valence-corrected chi connectivity index (χ1v) is 9.33. The van der Waals surface area contributed by atoms with E-state index in [2.05, 4.69) is 16.4 Å². The van der Waals surface area contributed by atoms with Crippen LogP contribution in [0.1, 0.15) is 24.1 Å². The summed E-state index contributed by atoms with van der Waals surface area (Å²) in [6, 6.07) is 15.7. The van der Waals surface area contributed by atoms with Gasteiger partial charge < -0.3 is 15.0 Å². The van der Waals surface area contributed by atoms with Crippen LogP contribution in [0.3, 0.4) is 0 Å². The summed E-state index contributed by atoms with van der Waals surface area (Å²) < 4.78 is 5.60. The lowest BCUT2D eigenvalue weighted by atomic mass is 9.91. The van der Waals surface area contributed by atoms with E-state index < -0.39 is 0 Å². The van der Waals surface area contributed by atoms with E-state index in [1.54, 1.807) is 0 Å². The van der Waals surface area contributed by atoms with Crippen LogP contribution >= 0.6 is 11.6 Å². The molecule has 5 heteroatoms. The van der Waals surface area contributed by atoms with Gasteiger partial charge in [0.25, 0.3) is 0 Å². The fourth-order valence-electron chi connectivity index (χ4n) is 3.60. The van der Waals surface area contributed by atoms with Crippen molar-refractivity contribution < 1.29 is 9.53 Å². The maximum Gasteiger partial charge on any atom is 0.223 e. The first-order chi connectivity index (χ1) is 12.7. The molecule has 134 valence electrons. The number of fused-ring (bicyclic) bond motifs is 3. The number of aromatic amines is 1. The minimum Gasteiger partial charge on any atom is -0.493 e. The number of halogens is 1. The van der Waals surface area contributed by atoms with Crippen molar-refractivity contribution in [2.24, 2.45) is 0 Å². The van der Waals surface area contributed by atoms with Crippen LogP contribution in [-0.4, -0.2) is 23.5 Å². The van der Waals surface area contributed by atoms with Crippen LogP contribution in [0, 0.1) is 0 Å². The molecular weight excluding hydrogens is 348 g/mol. The van der Waals surface area contributed by atoms with Gasteiger partial charge in [0.1, 0.15) is 5.75 Å². The standard InChI is InChI=1S/C21H21ClN2O2/c22-14-6-8-17-18-13-15(7-9-19(18)24-20(17)12-14)23-21(25)10-11-26-16-4-2-1-3-5-16/h1-6,8,12,15,24H,7,9-11,13H2,(H,23,25). The molecule has 1 unspecified atom stereocenters. The number of H-pyrrole nitrogens is 1. The van der Waals surface area contributed by atoms with Gasteiger partial charge in [0.05, 0.1) is 13.0 Å². The van der Waals surface area contributed by atoms with Crippen LogP contribution in [0.5, 0.6) is 5.75 Å². The van der Waals surface area contributed by atoms with Gasteiger partial charge in [-0.25, -0.2) is 0 Å². The van der Waals surface area contributed by atoms with Gasteiger partial charge in [-0.3, -0.25) is 4.79 Å². The number of rotatable bonds is 5. The highest BCUT2D eigenvalue weighted by Gasteiger charge is 2.23. The van der Waals surface area contributed by atoms with Gasteiger partial charge in [-0.05, 0) is 49.1 Å². The lowest BCUT2D eigenvalue weighted by molar-refractivity contribution is -0.122. The second-order valence-electron chi connectivity index (χ2n) is 6.69. The second-order valence-corrected chi connectivity index (χ2v) is 7.13. The van der Waals surface area contributed by atoms with Crippen LogP contribution in [0.4, 0.5) is 0 Å². The fourth-order valence-corrected chi connectivity index (χ4v) is 3.77. The molecule has 0 saturated carbocycles. The number of benzene rings is 2. The molecule has 4 nitrogen and oxygen atoms in total. The smallest absolute Gasteiger partial charge is 0.223 e. The van der Waals surface area contributed by atoms with E-state index in [0.717, 1.165) is 35.6 Å². The molecule has 1 aliphatic carbocycles. The van der Waals surface area contributed by atoms with Crippen molar-refractivity contribution in [1.82, 2.24) is 10.3 Å². The molecule has 1 amide bonds. The molecule has 26 heavy (non-hydrogen) atoms. The normalized spacial score (nSPS) is 16.3. The second kappa shape index (κ2) is 7.42. The Labute approximate surface area is 157 Å². The van der Waals surface area contributed by atoms with Crippen molar-refractivity contribution in [3.05, 3.63) is 64.8 Å². The van der Waals surface area contributed by atoms with E-state index in [0.29, 0.717) is 13.0 Å². The highest BCUT2D eigenvalue weighted by atomic mass is 35.5. The number of carbonyl (C=O) groups excluding carboxylic acids is 1. The van der Waals surface area contributed by atoms with E-state index >= 15 is 0 Å². The molecule has 0 bridgehead atoms. The lowest BCUT2D eigenvalue weighted by Crippen LogP contribution is -2.39. The molecule has 0 radical (unpaired) electrons.